The molecule has 1 N–H and O–H groups in total. The largest absolute Gasteiger partial charge is 0.361 e. The highest BCUT2D eigenvalue weighted by Crippen LogP contribution is 2.20. The Morgan fingerprint density at radius 1 is 0.846 bits per heavy atom. The van der Waals surface area contributed by atoms with Crippen molar-refractivity contribution in [3.05, 3.63) is 129 Å². The number of fused-ring (bicyclic) bond motifs is 1. The third-order valence-electron chi connectivity index (χ3n) is 6.80. The Morgan fingerprint density at radius 3 is 2.26 bits per heavy atom. The summed E-state index contributed by atoms with van der Waals surface area (Å²) in [5, 5.41) is 2.99. The molecule has 2 aromatic heterocycles. The van der Waals surface area contributed by atoms with Gasteiger partial charge in [-0.05, 0) is 59.7 Å². The van der Waals surface area contributed by atoms with Crippen molar-refractivity contribution < 1.29 is 14.0 Å². The van der Waals surface area contributed by atoms with Crippen LogP contribution in [0.4, 0.5) is 4.39 Å². The lowest BCUT2D eigenvalue weighted by molar-refractivity contribution is -0.132. The van der Waals surface area contributed by atoms with Crippen LogP contribution in [0, 0.1) is 12.7 Å². The Hall–Kier alpha value is -4.23. The maximum atomic E-state index is 13.8. The maximum Gasteiger partial charge on any atom is 0.264 e. The van der Waals surface area contributed by atoms with E-state index < -0.39 is 0 Å². The number of aromatic amines is 1. The molecular weight excluding hydrogens is 509 g/mol. The van der Waals surface area contributed by atoms with E-state index in [0.29, 0.717) is 24.4 Å². The Kier molecular flexibility index (Phi) is 8.18. The van der Waals surface area contributed by atoms with E-state index in [1.54, 1.807) is 23.1 Å². The second-order valence-electron chi connectivity index (χ2n) is 9.68. The molecule has 7 heteroatoms. The van der Waals surface area contributed by atoms with E-state index in [0.717, 1.165) is 33.2 Å². The number of halogens is 1. The summed E-state index contributed by atoms with van der Waals surface area (Å²) in [7, 11) is 0. The van der Waals surface area contributed by atoms with Gasteiger partial charge in [-0.1, -0.05) is 66.2 Å². The number of nitrogens with one attached hydrogen (secondary N) is 1. The molecule has 5 rings (SSSR count). The van der Waals surface area contributed by atoms with Crippen LogP contribution >= 0.6 is 11.3 Å². The first-order valence-electron chi connectivity index (χ1n) is 12.9. The summed E-state index contributed by atoms with van der Waals surface area (Å²) in [6, 6.07) is 25.9. The van der Waals surface area contributed by atoms with E-state index in [1.807, 2.05) is 71.9 Å². The quantitative estimate of drug-likeness (QED) is 0.218. The van der Waals surface area contributed by atoms with Crippen molar-refractivity contribution in [3.63, 3.8) is 0 Å². The van der Waals surface area contributed by atoms with E-state index in [4.69, 9.17) is 0 Å². The first-order chi connectivity index (χ1) is 19.0. The molecule has 39 heavy (non-hydrogen) atoms. The molecule has 5 nitrogen and oxygen atoms in total. The summed E-state index contributed by atoms with van der Waals surface area (Å²) < 4.78 is 13.5. The van der Waals surface area contributed by atoms with Crippen LogP contribution in [0.5, 0.6) is 0 Å². The molecule has 5 aromatic rings. The van der Waals surface area contributed by atoms with Crippen LogP contribution in [0.25, 0.3) is 10.9 Å². The van der Waals surface area contributed by atoms with Crippen molar-refractivity contribution in [2.45, 2.75) is 26.4 Å². The van der Waals surface area contributed by atoms with E-state index in [9.17, 15) is 14.0 Å². The first kappa shape index (κ1) is 26.4. The molecule has 0 saturated heterocycles. The van der Waals surface area contributed by atoms with E-state index >= 15 is 0 Å². The minimum absolute atomic E-state index is 0.0755. The van der Waals surface area contributed by atoms with E-state index in [-0.39, 0.29) is 30.7 Å². The summed E-state index contributed by atoms with van der Waals surface area (Å²) in [6.07, 6.45) is 2.68. The molecule has 0 radical (unpaired) electrons. The Balaban J connectivity index is 1.38. The van der Waals surface area contributed by atoms with Gasteiger partial charge in [0.15, 0.2) is 0 Å². The number of carbonyl (C=O) groups excluding carboxylic acids is 2. The fourth-order valence-electron chi connectivity index (χ4n) is 4.63. The molecule has 0 aliphatic rings. The molecule has 0 fully saturated rings. The number of hydrogen-bond acceptors (Lipinski definition) is 3. The predicted octanol–water partition coefficient (Wildman–Crippen LogP) is 6.59. The number of amides is 2. The monoisotopic (exact) mass is 539 g/mol. The van der Waals surface area contributed by atoms with E-state index in [1.165, 1.54) is 23.5 Å². The van der Waals surface area contributed by atoms with Gasteiger partial charge in [0.1, 0.15) is 12.4 Å². The van der Waals surface area contributed by atoms with Gasteiger partial charge in [-0.3, -0.25) is 9.59 Å². The lowest BCUT2D eigenvalue weighted by atomic mass is 10.1. The number of para-hydroxylation sites is 1. The Labute approximate surface area is 231 Å². The van der Waals surface area contributed by atoms with Gasteiger partial charge in [0.2, 0.25) is 5.91 Å². The standard InChI is InChI=1S/C32H30FN3O2S/c1-23-8-10-24(11-9-23)20-35(17-16-26-19-34-29-6-3-2-5-28(26)29)31(37)22-36(32(38)30-7-4-18-39-30)21-25-12-14-27(33)15-13-25/h2-15,18-19,34H,16-17,20-22H2,1H3. The van der Waals surface area contributed by atoms with Gasteiger partial charge in [-0.15, -0.1) is 11.3 Å². The van der Waals surface area contributed by atoms with Gasteiger partial charge in [-0.2, -0.15) is 0 Å². The van der Waals surface area contributed by atoms with Crippen molar-refractivity contribution >= 4 is 34.1 Å². The molecular formula is C32H30FN3O2S. The molecule has 2 amide bonds. The van der Waals surface area contributed by atoms with Gasteiger partial charge < -0.3 is 14.8 Å². The number of hydrogen-bond donors (Lipinski definition) is 1. The zero-order chi connectivity index (χ0) is 27.2. The number of thiophene rings is 1. The van der Waals surface area contributed by atoms with Gasteiger partial charge in [0.05, 0.1) is 4.88 Å². The fourth-order valence-corrected chi connectivity index (χ4v) is 5.32. The molecule has 0 spiro atoms. The number of nitrogens with zero attached hydrogens (tertiary/aromatic N) is 2. The van der Waals surface area contributed by atoms with Crippen molar-refractivity contribution in [1.29, 1.82) is 0 Å². The highest BCUT2D eigenvalue weighted by atomic mass is 32.1. The Morgan fingerprint density at radius 2 is 1.54 bits per heavy atom. The zero-order valence-corrected chi connectivity index (χ0v) is 22.6. The fraction of sp³-hybridized carbons (Fsp3) is 0.188. The summed E-state index contributed by atoms with van der Waals surface area (Å²) in [6.45, 7) is 3.12. The van der Waals surface area contributed by atoms with Crippen LogP contribution in [-0.4, -0.2) is 39.7 Å². The highest BCUT2D eigenvalue weighted by Gasteiger charge is 2.24. The van der Waals surface area contributed by atoms with Crippen LogP contribution in [0.1, 0.15) is 31.9 Å². The zero-order valence-electron chi connectivity index (χ0n) is 21.8. The molecule has 0 unspecified atom stereocenters. The normalized spacial score (nSPS) is 11.0. The summed E-state index contributed by atoms with van der Waals surface area (Å²) in [5.74, 6) is -0.690. The van der Waals surface area contributed by atoms with Crippen molar-refractivity contribution in [1.82, 2.24) is 14.8 Å². The number of H-pyrrole nitrogens is 1. The first-order valence-corrected chi connectivity index (χ1v) is 13.8. The number of aryl methyl sites for hydroxylation is 1. The topological polar surface area (TPSA) is 56.4 Å². The molecule has 198 valence electrons. The van der Waals surface area contributed by atoms with Crippen LogP contribution in [0.2, 0.25) is 0 Å². The third-order valence-corrected chi connectivity index (χ3v) is 7.66. The average Bonchev–Trinajstić information content (AvgIpc) is 3.63. The second-order valence-corrected chi connectivity index (χ2v) is 10.6. The van der Waals surface area contributed by atoms with Crippen molar-refractivity contribution in [2.75, 3.05) is 13.1 Å². The number of benzene rings is 3. The molecule has 0 bridgehead atoms. The van der Waals surface area contributed by atoms with Crippen molar-refractivity contribution in [3.8, 4) is 0 Å². The molecule has 0 atom stereocenters. The lowest BCUT2D eigenvalue weighted by Gasteiger charge is -2.28. The molecule has 0 aliphatic heterocycles. The molecule has 0 aliphatic carbocycles. The summed E-state index contributed by atoms with van der Waals surface area (Å²) in [4.78, 5) is 34.5. The number of aromatic nitrogens is 1. The minimum Gasteiger partial charge on any atom is -0.361 e. The van der Waals surface area contributed by atoms with Crippen LogP contribution in [0.15, 0.2) is 96.5 Å². The van der Waals surface area contributed by atoms with Crippen LogP contribution < -0.4 is 0 Å². The Bertz CT molecular complexity index is 1540. The SMILES string of the molecule is Cc1ccc(CN(CCc2c[nH]c3ccccc23)C(=O)CN(Cc2ccc(F)cc2)C(=O)c2cccs2)cc1. The predicted molar refractivity (Wildman–Crippen MR) is 154 cm³/mol. The number of rotatable bonds is 10. The molecule has 3 aromatic carbocycles. The molecule has 0 saturated carbocycles. The van der Waals surface area contributed by atoms with Crippen LogP contribution in [-0.2, 0) is 24.3 Å². The van der Waals surface area contributed by atoms with Crippen molar-refractivity contribution in [2.24, 2.45) is 0 Å². The maximum absolute atomic E-state index is 13.8. The third kappa shape index (κ3) is 6.62. The second kappa shape index (κ2) is 12.1. The van der Waals surface area contributed by atoms with Gasteiger partial charge >= 0.3 is 0 Å². The minimum atomic E-state index is -0.340. The lowest BCUT2D eigenvalue weighted by Crippen LogP contribution is -2.43. The summed E-state index contributed by atoms with van der Waals surface area (Å²) >= 11 is 1.34. The van der Waals surface area contributed by atoms with Gasteiger partial charge in [0, 0.05) is 36.7 Å². The van der Waals surface area contributed by atoms with E-state index in [2.05, 4.69) is 11.1 Å². The average molecular weight is 540 g/mol. The summed E-state index contributed by atoms with van der Waals surface area (Å²) in [5.41, 5.74) is 5.16. The van der Waals surface area contributed by atoms with Gasteiger partial charge in [0.25, 0.3) is 5.91 Å². The smallest absolute Gasteiger partial charge is 0.264 e. The number of carbonyl (C=O) groups is 2. The van der Waals surface area contributed by atoms with Crippen LogP contribution in [0.3, 0.4) is 0 Å². The highest BCUT2D eigenvalue weighted by molar-refractivity contribution is 7.12. The van der Waals surface area contributed by atoms with Gasteiger partial charge in [-0.25, -0.2) is 4.39 Å². The molecule has 2 heterocycles.